The zero-order chi connectivity index (χ0) is 12.8. The van der Waals surface area contributed by atoms with Crippen molar-refractivity contribution in [3.8, 4) is 0 Å². The van der Waals surface area contributed by atoms with Gasteiger partial charge in [0.1, 0.15) is 5.82 Å². The lowest BCUT2D eigenvalue weighted by molar-refractivity contribution is 0.0971. The fourth-order valence-electron chi connectivity index (χ4n) is 2.34. The van der Waals surface area contributed by atoms with Gasteiger partial charge in [0, 0.05) is 31.5 Å². The Kier molecular flexibility index (Phi) is 5.00. The maximum Gasteiger partial charge on any atom is 0.134 e. The van der Waals surface area contributed by atoms with Crippen LogP contribution < -0.4 is 4.90 Å². The Morgan fingerprint density at radius 3 is 2.78 bits per heavy atom. The first-order chi connectivity index (χ1) is 8.77. The van der Waals surface area contributed by atoms with E-state index in [1.54, 1.807) is 0 Å². The zero-order valence-corrected chi connectivity index (χ0v) is 11.6. The molecule has 3 nitrogen and oxygen atoms in total. The maximum atomic E-state index is 5.75. The molecule has 1 fully saturated rings. The molecule has 18 heavy (non-hydrogen) atoms. The molecular weight excluding hydrogens is 224 g/mol. The van der Waals surface area contributed by atoms with Crippen molar-refractivity contribution in [2.24, 2.45) is 5.92 Å². The van der Waals surface area contributed by atoms with E-state index in [1.807, 2.05) is 12.3 Å². The molecule has 100 valence electrons. The van der Waals surface area contributed by atoms with Gasteiger partial charge in [-0.2, -0.15) is 0 Å². The van der Waals surface area contributed by atoms with Crippen molar-refractivity contribution in [1.82, 2.24) is 4.98 Å². The number of nitrogens with zero attached hydrogens (tertiary/aromatic N) is 2. The molecule has 1 aromatic rings. The Labute approximate surface area is 110 Å². The smallest absolute Gasteiger partial charge is 0.134 e. The number of rotatable bonds is 5. The molecule has 0 aliphatic carbocycles. The molecule has 0 aromatic carbocycles. The van der Waals surface area contributed by atoms with E-state index in [2.05, 4.69) is 29.8 Å². The number of hydrogen-bond acceptors (Lipinski definition) is 3. The largest absolute Gasteiger partial charge is 0.376 e. The molecule has 3 heteroatoms. The summed E-state index contributed by atoms with van der Waals surface area (Å²) in [5.74, 6) is 1.71. The van der Waals surface area contributed by atoms with Crippen molar-refractivity contribution in [3.63, 3.8) is 0 Å². The summed E-state index contributed by atoms with van der Waals surface area (Å²) < 4.78 is 5.75. The quantitative estimate of drug-likeness (QED) is 0.800. The molecular formula is C15H24N2O. The highest BCUT2D eigenvalue weighted by Crippen LogP contribution is 2.22. The molecule has 2 heterocycles. The van der Waals surface area contributed by atoms with Crippen molar-refractivity contribution in [3.05, 3.63) is 23.9 Å². The van der Waals surface area contributed by atoms with Crippen LogP contribution in [0, 0.1) is 5.92 Å². The molecule has 0 saturated carbocycles. The van der Waals surface area contributed by atoms with Gasteiger partial charge in [0.2, 0.25) is 0 Å². The Morgan fingerprint density at radius 2 is 2.06 bits per heavy atom. The summed E-state index contributed by atoms with van der Waals surface area (Å²) >= 11 is 0. The third-order valence-corrected chi connectivity index (χ3v) is 3.23. The van der Waals surface area contributed by atoms with Gasteiger partial charge >= 0.3 is 0 Å². The van der Waals surface area contributed by atoms with E-state index in [0.29, 0.717) is 12.5 Å². The lowest BCUT2D eigenvalue weighted by Gasteiger charge is -2.29. The third kappa shape index (κ3) is 3.70. The van der Waals surface area contributed by atoms with Crippen LogP contribution in [0.4, 0.5) is 5.82 Å². The number of ether oxygens (including phenoxy) is 1. The van der Waals surface area contributed by atoms with Gasteiger partial charge in [-0.25, -0.2) is 4.98 Å². The fraction of sp³-hybridized carbons (Fsp3) is 0.667. The van der Waals surface area contributed by atoms with E-state index in [4.69, 9.17) is 4.74 Å². The van der Waals surface area contributed by atoms with Crippen LogP contribution >= 0.6 is 0 Å². The highest BCUT2D eigenvalue weighted by Gasteiger charge is 2.15. The van der Waals surface area contributed by atoms with E-state index < -0.39 is 0 Å². The second-order valence-corrected chi connectivity index (χ2v) is 5.44. The fourth-order valence-corrected chi connectivity index (χ4v) is 2.34. The van der Waals surface area contributed by atoms with Gasteiger partial charge < -0.3 is 9.64 Å². The Hall–Kier alpha value is -1.09. The summed E-state index contributed by atoms with van der Waals surface area (Å²) in [6.07, 6.45) is 5.80. The molecule has 1 saturated heterocycles. The number of hydrogen-bond donors (Lipinski definition) is 0. The monoisotopic (exact) mass is 248 g/mol. The van der Waals surface area contributed by atoms with Crippen LogP contribution in [0.25, 0.3) is 0 Å². The maximum absolute atomic E-state index is 5.75. The summed E-state index contributed by atoms with van der Waals surface area (Å²) in [5, 5.41) is 0. The van der Waals surface area contributed by atoms with Crippen molar-refractivity contribution >= 4 is 5.82 Å². The summed E-state index contributed by atoms with van der Waals surface area (Å²) in [7, 11) is 0. The van der Waals surface area contributed by atoms with Crippen molar-refractivity contribution in [2.45, 2.75) is 39.7 Å². The molecule has 0 unspecified atom stereocenters. The highest BCUT2D eigenvalue weighted by molar-refractivity contribution is 5.46. The van der Waals surface area contributed by atoms with Crippen LogP contribution in [0.5, 0.6) is 0 Å². The average Bonchev–Trinajstić information content (AvgIpc) is 2.40. The molecule has 1 aromatic heterocycles. The first-order valence-corrected chi connectivity index (χ1v) is 7.04. The second-order valence-electron chi connectivity index (χ2n) is 5.44. The number of aromatic nitrogens is 1. The van der Waals surface area contributed by atoms with Crippen LogP contribution in [0.1, 0.15) is 38.7 Å². The lowest BCUT2D eigenvalue weighted by atomic mass is 10.1. The van der Waals surface area contributed by atoms with Crippen LogP contribution in [0.2, 0.25) is 0 Å². The number of piperidine rings is 1. The number of pyridine rings is 1. The molecule has 0 amide bonds. The molecule has 0 spiro atoms. The Bertz CT molecular complexity index is 359. The molecule has 0 atom stereocenters. The van der Waals surface area contributed by atoms with Crippen LogP contribution in [-0.2, 0) is 11.3 Å². The molecule has 1 aliphatic rings. The predicted molar refractivity (Wildman–Crippen MR) is 74.8 cm³/mol. The standard InChI is InChI=1S/C15H24N2O/c1-13(2)11-18-12-14-7-6-8-16-15(14)17-9-4-3-5-10-17/h6-8,13H,3-5,9-12H2,1-2H3. The minimum absolute atomic E-state index is 0.583. The Balaban J connectivity index is 2.00. The molecule has 0 bridgehead atoms. The summed E-state index contributed by atoms with van der Waals surface area (Å²) in [6.45, 7) is 8.11. The normalized spacial score (nSPS) is 16.3. The molecule has 1 aliphatic heterocycles. The van der Waals surface area contributed by atoms with Gasteiger partial charge in [0.05, 0.1) is 6.61 Å². The van der Waals surface area contributed by atoms with Crippen LogP contribution in [0.15, 0.2) is 18.3 Å². The first-order valence-electron chi connectivity index (χ1n) is 7.04. The van der Waals surface area contributed by atoms with E-state index in [1.165, 1.54) is 24.8 Å². The van der Waals surface area contributed by atoms with Gasteiger partial charge in [-0.1, -0.05) is 19.9 Å². The van der Waals surface area contributed by atoms with Gasteiger partial charge in [-0.15, -0.1) is 0 Å². The second kappa shape index (κ2) is 6.74. The van der Waals surface area contributed by atoms with Crippen molar-refractivity contribution < 1.29 is 4.74 Å². The number of anilines is 1. The van der Waals surface area contributed by atoms with Crippen molar-refractivity contribution in [1.29, 1.82) is 0 Å². The van der Waals surface area contributed by atoms with E-state index in [-0.39, 0.29) is 0 Å². The summed E-state index contributed by atoms with van der Waals surface area (Å²) in [4.78, 5) is 6.95. The molecule has 2 rings (SSSR count). The lowest BCUT2D eigenvalue weighted by Crippen LogP contribution is -2.31. The third-order valence-electron chi connectivity index (χ3n) is 3.23. The van der Waals surface area contributed by atoms with E-state index in [9.17, 15) is 0 Å². The average molecular weight is 248 g/mol. The van der Waals surface area contributed by atoms with Gasteiger partial charge in [-0.3, -0.25) is 0 Å². The first kappa shape index (κ1) is 13.3. The van der Waals surface area contributed by atoms with Gasteiger partial charge in [0.15, 0.2) is 0 Å². The summed E-state index contributed by atoms with van der Waals surface area (Å²) in [6, 6.07) is 4.14. The predicted octanol–water partition coefficient (Wildman–Crippen LogP) is 3.24. The minimum atomic E-state index is 0.583. The van der Waals surface area contributed by atoms with Gasteiger partial charge in [-0.05, 0) is 31.2 Å². The minimum Gasteiger partial charge on any atom is -0.376 e. The van der Waals surface area contributed by atoms with Gasteiger partial charge in [0.25, 0.3) is 0 Å². The SMILES string of the molecule is CC(C)COCc1cccnc1N1CCCCC1. The van der Waals surface area contributed by atoms with E-state index >= 15 is 0 Å². The van der Waals surface area contributed by atoms with Crippen molar-refractivity contribution in [2.75, 3.05) is 24.6 Å². The van der Waals surface area contributed by atoms with Crippen LogP contribution in [0.3, 0.4) is 0 Å². The zero-order valence-electron chi connectivity index (χ0n) is 11.6. The van der Waals surface area contributed by atoms with Crippen LogP contribution in [-0.4, -0.2) is 24.7 Å². The summed E-state index contributed by atoms with van der Waals surface area (Å²) in [5.41, 5.74) is 1.22. The molecule has 0 radical (unpaired) electrons. The van der Waals surface area contributed by atoms with E-state index in [0.717, 1.165) is 25.5 Å². The molecule has 0 N–H and O–H groups in total. The highest BCUT2D eigenvalue weighted by atomic mass is 16.5. The topological polar surface area (TPSA) is 25.4 Å². The Morgan fingerprint density at radius 1 is 1.28 bits per heavy atom.